The molecule has 1 aliphatic carbocycles. The summed E-state index contributed by atoms with van der Waals surface area (Å²) in [6.07, 6.45) is 0.333. The molecule has 10 heavy (non-hydrogen) atoms. The minimum absolute atomic E-state index is 0.333. The topological polar surface area (TPSA) is 69.4 Å². The second-order valence-corrected chi connectivity index (χ2v) is 2.22. The number of methoxy groups -OCH3 is 1. The Morgan fingerprint density at radius 2 is 2.40 bits per heavy atom. The van der Waals surface area contributed by atoms with Crippen molar-refractivity contribution in [1.29, 1.82) is 0 Å². The van der Waals surface area contributed by atoms with Crippen LogP contribution in [0.25, 0.3) is 0 Å². The van der Waals surface area contributed by atoms with Crippen molar-refractivity contribution in [3.8, 4) is 0 Å². The van der Waals surface area contributed by atoms with Gasteiger partial charge in [-0.15, -0.1) is 0 Å². The summed E-state index contributed by atoms with van der Waals surface area (Å²) < 4.78 is 4.31. The van der Waals surface area contributed by atoms with E-state index in [2.05, 4.69) is 4.74 Å². The van der Waals surface area contributed by atoms with E-state index >= 15 is 0 Å². The maximum absolute atomic E-state index is 10.6. The molecule has 0 aliphatic heterocycles. The lowest BCUT2D eigenvalue weighted by atomic mass is 10.4. The van der Waals surface area contributed by atoms with Gasteiger partial charge in [0.05, 0.1) is 7.11 Å². The summed E-state index contributed by atoms with van der Waals surface area (Å²) in [5.74, 6) is -0.957. The van der Waals surface area contributed by atoms with Crippen LogP contribution in [0.3, 0.4) is 0 Å². The van der Waals surface area contributed by atoms with Gasteiger partial charge in [0.1, 0.15) is 5.92 Å². The van der Waals surface area contributed by atoms with Crippen molar-refractivity contribution in [2.45, 2.75) is 12.5 Å². The van der Waals surface area contributed by atoms with Crippen LogP contribution in [0, 0.1) is 16.0 Å². The first-order valence-electron chi connectivity index (χ1n) is 2.88. The molecule has 2 atom stereocenters. The number of ether oxygens (including phenoxy) is 1. The van der Waals surface area contributed by atoms with Crippen molar-refractivity contribution in [2.75, 3.05) is 7.11 Å². The number of esters is 1. The zero-order chi connectivity index (χ0) is 7.72. The van der Waals surface area contributed by atoms with Gasteiger partial charge in [0.25, 0.3) is 0 Å². The predicted octanol–water partition coefficient (Wildman–Crippen LogP) is -0.175. The molecule has 5 nitrogen and oxygen atoms in total. The lowest BCUT2D eigenvalue weighted by Crippen LogP contribution is -2.11. The molecule has 0 heterocycles. The van der Waals surface area contributed by atoms with E-state index in [-0.39, 0.29) is 0 Å². The second kappa shape index (κ2) is 2.24. The fourth-order valence-electron chi connectivity index (χ4n) is 0.819. The van der Waals surface area contributed by atoms with Crippen LogP contribution in [0.15, 0.2) is 0 Å². The summed E-state index contributed by atoms with van der Waals surface area (Å²) in [4.78, 5) is 20.1. The molecule has 1 fully saturated rings. The number of hydrogen-bond acceptors (Lipinski definition) is 4. The summed E-state index contributed by atoms with van der Waals surface area (Å²) in [7, 11) is 1.23. The van der Waals surface area contributed by atoms with Crippen LogP contribution in [0.4, 0.5) is 0 Å². The van der Waals surface area contributed by atoms with Gasteiger partial charge >= 0.3 is 5.97 Å². The third-order valence-corrected chi connectivity index (χ3v) is 1.53. The average molecular weight is 145 g/mol. The first-order valence-corrected chi connectivity index (χ1v) is 2.88. The molecule has 0 radical (unpaired) electrons. The highest BCUT2D eigenvalue weighted by Crippen LogP contribution is 2.33. The number of carbonyl (C=O) groups is 1. The van der Waals surface area contributed by atoms with Gasteiger partial charge in [0.2, 0.25) is 6.04 Å². The normalized spacial score (nSPS) is 29.3. The Balaban J connectivity index is 2.38. The van der Waals surface area contributed by atoms with Gasteiger partial charge in [-0.1, -0.05) is 0 Å². The van der Waals surface area contributed by atoms with Crippen LogP contribution in [-0.4, -0.2) is 24.0 Å². The maximum atomic E-state index is 10.6. The molecular weight excluding hydrogens is 138 g/mol. The van der Waals surface area contributed by atoms with Crippen LogP contribution < -0.4 is 0 Å². The summed E-state index contributed by atoms with van der Waals surface area (Å²) >= 11 is 0. The lowest BCUT2D eigenvalue weighted by molar-refractivity contribution is -0.497. The highest BCUT2D eigenvalue weighted by atomic mass is 16.6. The molecule has 0 unspecified atom stereocenters. The number of nitrogens with zero attached hydrogens (tertiary/aromatic N) is 1. The summed E-state index contributed by atoms with van der Waals surface area (Å²) in [6.45, 7) is 0. The molecule has 0 saturated heterocycles. The molecule has 0 aromatic carbocycles. The Labute approximate surface area is 57.1 Å². The molecule has 1 rings (SSSR count). The van der Waals surface area contributed by atoms with Gasteiger partial charge in [-0.25, -0.2) is 0 Å². The average Bonchev–Trinajstić information content (AvgIpc) is 2.64. The highest BCUT2D eigenvalue weighted by molar-refractivity contribution is 5.76. The number of nitro groups is 1. The first-order chi connectivity index (χ1) is 4.66. The van der Waals surface area contributed by atoms with Crippen molar-refractivity contribution in [3.05, 3.63) is 10.1 Å². The zero-order valence-electron chi connectivity index (χ0n) is 5.44. The van der Waals surface area contributed by atoms with E-state index in [1.54, 1.807) is 0 Å². The second-order valence-electron chi connectivity index (χ2n) is 2.22. The molecule has 1 aliphatic rings. The van der Waals surface area contributed by atoms with Gasteiger partial charge < -0.3 is 4.74 Å². The Kier molecular flexibility index (Phi) is 1.57. The number of hydrogen-bond donors (Lipinski definition) is 0. The fraction of sp³-hybridized carbons (Fsp3) is 0.800. The first kappa shape index (κ1) is 6.98. The summed E-state index contributed by atoms with van der Waals surface area (Å²) in [5, 5.41) is 9.99. The lowest BCUT2D eigenvalue weighted by Gasteiger charge is -1.91. The van der Waals surface area contributed by atoms with Crippen molar-refractivity contribution >= 4 is 5.97 Å². The third-order valence-electron chi connectivity index (χ3n) is 1.53. The standard InChI is InChI=1S/C5H7NO4/c1-10-5(7)3-2-4(3)6(8)9/h3-4H,2H2,1H3/t3-,4-/m1/s1. The van der Waals surface area contributed by atoms with Crippen molar-refractivity contribution in [2.24, 2.45) is 5.92 Å². The van der Waals surface area contributed by atoms with Crippen LogP contribution in [0.5, 0.6) is 0 Å². The third kappa shape index (κ3) is 1.07. The van der Waals surface area contributed by atoms with E-state index in [1.807, 2.05) is 0 Å². The van der Waals surface area contributed by atoms with Gasteiger partial charge in [-0.3, -0.25) is 14.9 Å². The van der Waals surface area contributed by atoms with Gasteiger partial charge in [0, 0.05) is 11.3 Å². The minimum Gasteiger partial charge on any atom is -0.469 e. The SMILES string of the molecule is COC(=O)[C@@H]1C[C@H]1[N+](=O)[O-]. The molecule has 0 aromatic rings. The minimum atomic E-state index is -0.688. The van der Waals surface area contributed by atoms with Crippen LogP contribution in [-0.2, 0) is 9.53 Å². The molecular formula is C5H7NO4. The van der Waals surface area contributed by atoms with Gasteiger partial charge in [-0.2, -0.15) is 0 Å². The smallest absolute Gasteiger partial charge is 0.315 e. The van der Waals surface area contributed by atoms with E-state index in [1.165, 1.54) is 7.11 Å². The zero-order valence-corrected chi connectivity index (χ0v) is 5.44. The van der Waals surface area contributed by atoms with Crippen LogP contribution in [0.1, 0.15) is 6.42 Å². The molecule has 0 bridgehead atoms. The fourth-order valence-corrected chi connectivity index (χ4v) is 0.819. The van der Waals surface area contributed by atoms with Crippen molar-refractivity contribution in [3.63, 3.8) is 0 Å². The van der Waals surface area contributed by atoms with Crippen molar-refractivity contribution < 1.29 is 14.5 Å². The molecule has 0 aromatic heterocycles. The molecule has 0 amide bonds. The van der Waals surface area contributed by atoms with Gasteiger partial charge in [0.15, 0.2) is 0 Å². The Bertz CT molecular complexity index is 178. The maximum Gasteiger partial charge on any atom is 0.315 e. The largest absolute Gasteiger partial charge is 0.469 e. The summed E-state index contributed by atoms with van der Waals surface area (Å²) in [5.41, 5.74) is 0. The van der Waals surface area contributed by atoms with Crippen molar-refractivity contribution in [1.82, 2.24) is 0 Å². The predicted molar refractivity (Wildman–Crippen MR) is 30.9 cm³/mol. The molecule has 5 heteroatoms. The Morgan fingerprint density at radius 3 is 2.70 bits per heavy atom. The van der Waals surface area contributed by atoms with Crippen LogP contribution in [0.2, 0.25) is 0 Å². The molecule has 0 N–H and O–H groups in total. The van der Waals surface area contributed by atoms with E-state index in [0.717, 1.165) is 0 Å². The van der Waals surface area contributed by atoms with Crippen LogP contribution >= 0.6 is 0 Å². The number of carbonyl (C=O) groups excluding carboxylic acids is 1. The van der Waals surface area contributed by atoms with E-state index in [0.29, 0.717) is 6.42 Å². The summed E-state index contributed by atoms with van der Waals surface area (Å²) in [6, 6.07) is -0.688. The molecule has 0 spiro atoms. The monoisotopic (exact) mass is 145 g/mol. The van der Waals surface area contributed by atoms with Gasteiger partial charge in [-0.05, 0) is 0 Å². The Morgan fingerprint density at radius 1 is 1.80 bits per heavy atom. The Hall–Kier alpha value is -1.13. The van der Waals surface area contributed by atoms with E-state index < -0.39 is 22.9 Å². The molecule has 56 valence electrons. The highest BCUT2D eigenvalue weighted by Gasteiger charge is 2.54. The quantitative estimate of drug-likeness (QED) is 0.307. The van der Waals surface area contributed by atoms with E-state index in [9.17, 15) is 14.9 Å². The molecule has 1 saturated carbocycles. The number of rotatable bonds is 2. The van der Waals surface area contributed by atoms with E-state index in [4.69, 9.17) is 0 Å².